The quantitative estimate of drug-likeness (QED) is 0.785. The van der Waals surface area contributed by atoms with Gasteiger partial charge >= 0.3 is 0 Å². The molecule has 1 fully saturated rings. The van der Waals surface area contributed by atoms with Crippen molar-refractivity contribution in [2.24, 2.45) is 5.92 Å². The molecule has 2 aromatic rings. The zero-order chi connectivity index (χ0) is 18.4. The average molecular weight is 374 g/mol. The van der Waals surface area contributed by atoms with Gasteiger partial charge in [-0.05, 0) is 61.8 Å². The van der Waals surface area contributed by atoms with E-state index in [4.69, 9.17) is 16.3 Å². The Kier molecular flexibility index (Phi) is 4.43. The van der Waals surface area contributed by atoms with Crippen molar-refractivity contribution in [2.75, 3.05) is 18.6 Å². The fraction of sp³-hybridized carbons (Fsp3) is 0.500. The molecule has 0 amide bonds. The number of ether oxygens (including phenoxy) is 1. The van der Waals surface area contributed by atoms with E-state index >= 15 is 0 Å². The molecule has 1 aliphatic carbocycles. The molecule has 26 heavy (non-hydrogen) atoms. The summed E-state index contributed by atoms with van der Waals surface area (Å²) in [5.41, 5.74) is 3.28. The SMILES string of the molecule is CC[C@H](C1CC1)n1cc(Cl)nc(N2CCc3cc(OC)cc(C)c32)c1=O. The van der Waals surface area contributed by atoms with E-state index in [9.17, 15) is 4.79 Å². The van der Waals surface area contributed by atoms with Gasteiger partial charge in [-0.2, -0.15) is 0 Å². The van der Waals surface area contributed by atoms with Gasteiger partial charge in [-0.3, -0.25) is 4.79 Å². The molecule has 0 unspecified atom stereocenters. The Morgan fingerprint density at radius 1 is 1.38 bits per heavy atom. The van der Waals surface area contributed by atoms with Crippen LogP contribution < -0.4 is 15.2 Å². The molecular formula is C20H24ClN3O2. The van der Waals surface area contributed by atoms with Gasteiger partial charge in [-0.15, -0.1) is 0 Å². The van der Waals surface area contributed by atoms with Crippen molar-refractivity contribution >= 4 is 23.1 Å². The highest BCUT2D eigenvalue weighted by molar-refractivity contribution is 6.29. The van der Waals surface area contributed by atoms with E-state index in [1.54, 1.807) is 13.3 Å². The number of anilines is 2. The number of hydrogen-bond donors (Lipinski definition) is 0. The molecule has 6 heteroatoms. The van der Waals surface area contributed by atoms with Crippen LogP contribution in [-0.2, 0) is 6.42 Å². The first-order valence-electron chi connectivity index (χ1n) is 9.27. The lowest BCUT2D eigenvalue weighted by Crippen LogP contribution is -2.32. The second-order valence-corrected chi connectivity index (χ2v) is 7.65. The number of nitrogens with zero attached hydrogens (tertiary/aromatic N) is 3. The molecule has 0 N–H and O–H groups in total. The minimum atomic E-state index is -0.0452. The van der Waals surface area contributed by atoms with Crippen molar-refractivity contribution in [1.29, 1.82) is 0 Å². The minimum Gasteiger partial charge on any atom is -0.497 e. The van der Waals surface area contributed by atoms with Crippen LogP contribution in [0.15, 0.2) is 23.1 Å². The van der Waals surface area contributed by atoms with E-state index in [2.05, 4.69) is 11.9 Å². The third-order valence-electron chi connectivity index (χ3n) is 5.54. The molecule has 0 saturated heterocycles. The maximum Gasteiger partial charge on any atom is 0.294 e. The van der Waals surface area contributed by atoms with Crippen LogP contribution in [0, 0.1) is 12.8 Å². The summed E-state index contributed by atoms with van der Waals surface area (Å²) < 4.78 is 7.20. The molecule has 1 atom stereocenters. The van der Waals surface area contributed by atoms with Crippen LogP contribution in [0.25, 0.3) is 0 Å². The molecule has 0 bridgehead atoms. The largest absolute Gasteiger partial charge is 0.497 e. The molecule has 1 aromatic heterocycles. The van der Waals surface area contributed by atoms with E-state index in [-0.39, 0.29) is 11.6 Å². The van der Waals surface area contributed by atoms with Gasteiger partial charge < -0.3 is 14.2 Å². The minimum absolute atomic E-state index is 0.0452. The molecule has 0 spiro atoms. The first-order chi connectivity index (χ1) is 12.5. The van der Waals surface area contributed by atoms with E-state index in [0.29, 0.717) is 16.9 Å². The predicted octanol–water partition coefficient (Wildman–Crippen LogP) is 4.27. The van der Waals surface area contributed by atoms with Gasteiger partial charge in [-0.25, -0.2) is 4.98 Å². The molecule has 2 aliphatic rings. The standard InChI is InChI=1S/C20H24ClN3O2/c1-4-16(13-5-6-13)24-11-17(21)22-19(20(24)25)23-8-7-14-10-15(26-3)9-12(2)18(14)23/h9-11,13,16H,4-8H2,1-3H3/t16-/m1/s1. The van der Waals surface area contributed by atoms with Gasteiger partial charge in [-0.1, -0.05) is 18.5 Å². The molecule has 1 aromatic carbocycles. The number of hydrogen-bond acceptors (Lipinski definition) is 4. The van der Waals surface area contributed by atoms with Gasteiger partial charge in [0.05, 0.1) is 7.11 Å². The number of rotatable bonds is 5. The third-order valence-corrected chi connectivity index (χ3v) is 5.73. The van der Waals surface area contributed by atoms with E-state index in [1.807, 2.05) is 28.5 Å². The molecule has 5 nitrogen and oxygen atoms in total. The summed E-state index contributed by atoms with van der Waals surface area (Å²) in [5.74, 6) is 1.86. The van der Waals surface area contributed by atoms with Crippen molar-refractivity contribution in [2.45, 2.75) is 45.6 Å². The lowest BCUT2D eigenvalue weighted by atomic mass is 10.1. The lowest BCUT2D eigenvalue weighted by molar-refractivity contribution is 0.414. The number of fused-ring (bicyclic) bond motifs is 1. The van der Waals surface area contributed by atoms with Crippen LogP contribution in [-0.4, -0.2) is 23.2 Å². The van der Waals surface area contributed by atoms with Crippen LogP contribution >= 0.6 is 11.6 Å². The Bertz CT molecular complexity index is 905. The maximum atomic E-state index is 13.3. The number of halogens is 1. The summed E-state index contributed by atoms with van der Waals surface area (Å²) in [6.07, 6.45) is 5.87. The van der Waals surface area contributed by atoms with Crippen molar-refractivity contribution in [3.63, 3.8) is 0 Å². The highest BCUT2D eigenvalue weighted by Crippen LogP contribution is 2.42. The van der Waals surface area contributed by atoms with Crippen molar-refractivity contribution in [1.82, 2.24) is 9.55 Å². The smallest absolute Gasteiger partial charge is 0.294 e. The second kappa shape index (κ2) is 6.62. The monoisotopic (exact) mass is 373 g/mol. The first-order valence-corrected chi connectivity index (χ1v) is 9.65. The molecule has 138 valence electrons. The summed E-state index contributed by atoms with van der Waals surface area (Å²) in [7, 11) is 1.67. The van der Waals surface area contributed by atoms with Crippen molar-refractivity contribution < 1.29 is 4.74 Å². The fourth-order valence-corrected chi connectivity index (χ4v) is 4.38. The Labute approximate surface area is 158 Å². The van der Waals surface area contributed by atoms with E-state index in [1.165, 1.54) is 18.4 Å². The second-order valence-electron chi connectivity index (χ2n) is 7.27. The molecule has 4 rings (SSSR count). The topological polar surface area (TPSA) is 47.4 Å². The fourth-order valence-electron chi connectivity index (χ4n) is 4.19. The molecule has 0 radical (unpaired) electrons. The lowest BCUT2D eigenvalue weighted by Gasteiger charge is -2.24. The number of aromatic nitrogens is 2. The van der Waals surface area contributed by atoms with Crippen LogP contribution in [0.2, 0.25) is 5.15 Å². The highest BCUT2D eigenvalue weighted by atomic mass is 35.5. The van der Waals surface area contributed by atoms with Crippen LogP contribution in [0.5, 0.6) is 5.75 Å². The van der Waals surface area contributed by atoms with Crippen LogP contribution in [0.3, 0.4) is 0 Å². The molecular weight excluding hydrogens is 350 g/mol. The average Bonchev–Trinajstić information content (AvgIpc) is 3.36. The van der Waals surface area contributed by atoms with Gasteiger partial charge in [0, 0.05) is 24.5 Å². The van der Waals surface area contributed by atoms with Crippen LogP contribution in [0.4, 0.5) is 11.5 Å². The summed E-state index contributed by atoms with van der Waals surface area (Å²) in [4.78, 5) is 19.7. The summed E-state index contributed by atoms with van der Waals surface area (Å²) in [6.45, 7) is 4.90. The van der Waals surface area contributed by atoms with Gasteiger partial charge in [0.25, 0.3) is 5.56 Å². The van der Waals surface area contributed by atoms with E-state index in [0.717, 1.165) is 36.4 Å². The Hall–Kier alpha value is -2.01. The number of aryl methyl sites for hydroxylation is 1. The molecule has 2 heterocycles. The van der Waals surface area contributed by atoms with Crippen LogP contribution in [0.1, 0.15) is 43.4 Å². The first kappa shape index (κ1) is 17.4. The highest BCUT2D eigenvalue weighted by Gasteiger charge is 2.34. The third kappa shape index (κ3) is 2.88. The van der Waals surface area contributed by atoms with E-state index < -0.39 is 0 Å². The van der Waals surface area contributed by atoms with Crippen molar-refractivity contribution in [3.05, 3.63) is 45.0 Å². The normalized spacial score (nSPS) is 17.3. The Morgan fingerprint density at radius 3 is 2.81 bits per heavy atom. The van der Waals surface area contributed by atoms with Gasteiger partial charge in [0.1, 0.15) is 10.9 Å². The summed E-state index contributed by atoms with van der Waals surface area (Å²) >= 11 is 6.32. The van der Waals surface area contributed by atoms with Gasteiger partial charge in [0.15, 0.2) is 0 Å². The zero-order valence-corrected chi connectivity index (χ0v) is 16.2. The summed E-state index contributed by atoms with van der Waals surface area (Å²) in [6, 6.07) is 4.25. The summed E-state index contributed by atoms with van der Waals surface area (Å²) in [5, 5.41) is 0.373. The molecule has 1 aliphatic heterocycles. The van der Waals surface area contributed by atoms with Gasteiger partial charge in [0.2, 0.25) is 5.82 Å². The number of benzene rings is 1. The number of methoxy groups -OCH3 is 1. The van der Waals surface area contributed by atoms with Crippen molar-refractivity contribution in [3.8, 4) is 5.75 Å². The zero-order valence-electron chi connectivity index (χ0n) is 15.5. The Balaban J connectivity index is 1.81. The molecule has 1 saturated carbocycles. The predicted molar refractivity (Wildman–Crippen MR) is 104 cm³/mol. The Morgan fingerprint density at radius 2 is 2.15 bits per heavy atom. The maximum absolute atomic E-state index is 13.3.